The van der Waals surface area contributed by atoms with Gasteiger partial charge >= 0.3 is 0 Å². The number of aliphatic hydroxyl groups excluding tert-OH is 1. The van der Waals surface area contributed by atoms with Crippen molar-refractivity contribution in [2.75, 3.05) is 24.6 Å². The van der Waals surface area contributed by atoms with Crippen LogP contribution in [0.2, 0.25) is 5.02 Å². The Kier molecular flexibility index (Phi) is 4.18. The van der Waals surface area contributed by atoms with Crippen molar-refractivity contribution in [1.29, 1.82) is 0 Å². The molecule has 0 spiro atoms. The molecule has 1 aliphatic heterocycles. The Labute approximate surface area is 115 Å². The zero-order valence-corrected chi connectivity index (χ0v) is 12.0. The highest BCUT2D eigenvalue weighted by atomic mass is 35.5. The van der Waals surface area contributed by atoms with Crippen molar-refractivity contribution in [2.24, 2.45) is 0 Å². The van der Waals surface area contributed by atoms with Crippen molar-refractivity contribution in [2.45, 2.75) is 38.5 Å². The van der Waals surface area contributed by atoms with E-state index in [0.29, 0.717) is 0 Å². The Morgan fingerprint density at radius 1 is 1.22 bits per heavy atom. The number of rotatable bonds is 3. The Morgan fingerprint density at radius 3 is 2.44 bits per heavy atom. The number of halogens is 1. The first-order valence-corrected chi connectivity index (χ1v) is 7.08. The van der Waals surface area contributed by atoms with Crippen LogP contribution in [0.15, 0.2) is 18.2 Å². The van der Waals surface area contributed by atoms with Crippen LogP contribution in [0.3, 0.4) is 0 Å². The number of hydrogen-bond acceptors (Lipinski definition) is 2. The van der Waals surface area contributed by atoms with E-state index >= 15 is 0 Å². The van der Waals surface area contributed by atoms with Gasteiger partial charge < -0.3 is 10.0 Å². The second-order valence-electron chi connectivity index (χ2n) is 5.76. The molecule has 0 atom stereocenters. The highest BCUT2D eigenvalue weighted by Gasteiger charge is 2.21. The molecule has 2 nitrogen and oxygen atoms in total. The molecule has 1 aromatic rings. The topological polar surface area (TPSA) is 23.5 Å². The number of nitrogens with zero attached hydrogens (tertiary/aromatic N) is 1. The van der Waals surface area contributed by atoms with E-state index in [1.807, 2.05) is 19.9 Å². The highest BCUT2D eigenvalue weighted by molar-refractivity contribution is 6.33. The maximum absolute atomic E-state index is 9.40. The fourth-order valence-corrected chi connectivity index (χ4v) is 2.71. The molecule has 1 fully saturated rings. The molecule has 1 aliphatic rings. The predicted octanol–water partition coefficient (Wildman–Crippen LogP) is 3.60. The van der Waals surface area contributed by atoms with E-state index in [0.717, 1.165) is 29.4 Å². The Balaban J connectivity index is 2.24. The van der Waals surface area contributed by atoms with Gasteiger partial charge in [-0.25, -0.2) is 0 Å². The zero-order chi connectivity index (χ0) is 13.2. The third kappa shape index (κ3) is 2.81. The van der Waals surface area contributed by atoms with Crippen molar-refractivity contribution in [3.63, 3.8) is 0 Å². The van der Waals surface area contributed by atoms with Gasteiger partial charge in [0.1, 0.15) is 0 Å². The van der Waals surface area contributed by atoms with Crippen LogP contribution in [0.5, 0.6) is 0 Å². The summed E-state index contributed by atoms with van der Waals surface area (Å²) in [6.45, 7) is 6.38. The van der Waals surface area contributed by atoms with E-state index < -0.39 is 0 Å². The molecule has 3 heteroatoms. The lowest BCUT2D eigenvalue weighted by atomic mass is 9.85. The summed E-state index contributed by atoms with van der Waals surface area (Å²) < 4.78 is 0. The molecule has 18 heavy (non-hydrogen) atoms. The summed E-state index contributed by atoms with van der Waals surface area (Å²) in [7, 11) is 0. The van der Waals surface area contributed by atoms with Crippen molar-refractivity contribution < 1.29 is 5.11 Å². The normalized spacial score (nSPS) is 17.0. The van der Waals surface area contributed by atoms with Gasteiger partial charge in [-0.05, 0) is 37.0 Å². The first-order valence-electron chi connectivity index (χ1n) is 6.70. The second-order valence-corrected chi connectivity index (χ2v) is 6.16. The molecule has 1 heterocycles. The zero-order valence-electron chi connectivity index (χ0n) is 11.2. The van der Waals surface area contributed by atoms with E-state index in [2.05, 4.69) is 17.0 Å². The first kappa shape index (κ1) is 13.7. The number of hydrogen-bond donors (Lipinski definition) is 1. The molecule has 0 saturated carbocycles. The molecular formula is C15H22ClNO. The lowest BCUT2D eigenvalue weighted by molar-refractivity contribution is 0.218. The predicted molar refractivity (Wildman–Crippen MR) is 77.6 cm³/mol. The van der Waals surface area contributed by atoms with E-state index in [4.69, 9.17) is 11.6 Å². The van der Waals surface area contributed by atoms with Crippen LogP contribution >= 0.6 is 11.6 Å². The van der Waals surface area contributed by atoms with Gasteiger partial charge in [0.05, 0.1) is 17.3 Å². The molecule has 2 rings (SSSR count). The average molecular weight is 268 g/mol. The minimum absolute atomic E-state index is 0.131. The summed E-state index contributed by atoms with van der Waals surface area (Å²) in [4.78, 5) is 2.36. The molecule has 0 radical (unpaired) electrons. The van der Waals surface area contributed by atoms with Crippen LogP contribution in [0.4, 0.5) is 5.69 Å². The lowest BCUT2D eigenvalue weighted by Crippen LogP contribution is -2.30. The summed E-state index contributed by atoms with van der Waals surface area (Å²) in [5.41, 5.74) is 1.99. The summed E-state index contributed by atoms with van der Waals surface area (Å²) in [6, 6.07) is 6.19. The van der Waals surface area contributed by atoms with Crippen LogP contribution in [-0.2, 0) is 5.41 Å². The fraction of sp³-hybridized carbons (Fsp3) is 0.600. The van der Waals surface area contributed by atoms with Crippen molar-refractivity contribution in [1.82, 2.24) is 0 Å². The number of anilines is 1. The molecule has 1 N–H and O–H groups in total. The Bertz CT molecular complexity index is 411. The van der Waals surface area contributed by atoms with Crippen LogP contribution in [0.25, 0.3) is 0 Å². The van der Waals surface area contributed by atoms with E-state index in [-0.39, 0.29) is 12.0 Å². The Hall–Kier alpha value is -0.730. The monoisotopic (exact) mass is 267 g/mol. The van der Waals surface area contributed by atoms with Crippen LogP contribution in [0, 0.1) is 0 Å². The van der Waals surface area contributed by atoms with Gasteiger partial charge in [0, 0.05) is 18.5 Å². The third-order valence-corrected chi connectivity index (χ3v) is 4.12. The maximum atomic E-state index is 9.40. The van der Waals surface area contributed by atoms with Crippen molar-refractivity contribution >= 4 is 17.3 Å². The summed E-state index contributed by atoms with van der Waals surface area (Å²) in [6.07, 6.45) is 3.82. The quantitative estimate of drug-likeness (QED) is 0.905. The van der Waals surface area contributed by atoms with Gasteiger partial charge in [0.25, 0.3) is 0 Å². The number of aliphatic hydroxyl groups is 1. The molecule has 0 bridgehead atoms. The fourth-order valence-electron chi connectivity index (χ4n) is 2.41. The third-order valence-electron chi connectivity index (χ3n) is 3.82. The number of piperidine rings is 1. The van der Waals surface area contributed by atoms with Gasteiger partial charge in [-0.3, -0.25) is 0 Å². The molecule has 0 amide bonds. The molecule has 0 aliphatic carbocycles. The minimum atomic E-state index is -0.232. The van der Waals surface area contributed by atoms with E-state index in [1.165, 1.54) is 19.3 Å². The Morgan fingerprint density at radius 2 is 1.89 bits per heavy atom. The van der Waals surface area contributed by atoms with Crippen LogP contribution in [0.1, 0.15) is 38.7 Å². The minimum Gasteiger partial charge on any atom is -0.395 e. The molecule has 0 aromatic heterocycles. The first-order chi connectivity index (χ1) is 8.54. The lowest BCUT2D eigenvalue weighted by Gasteiger charge is -2.31. The van der Waals surface area contributed by atoms with Gasteiger partial charge in [-0.15, -0.1) is 0 Å². The summed E-state index contributed by atoms with van der Waals surface area (Å²) >= 11 is 6.40. The smallest absolute Gasteiger partial charge is 0.0642 e. The molecule has 1 aromatic carbocycles. The largest absolute Gasteiger partial charge is 0.395 e. The van der Waals surface area contributed by atoms with Crippen molar-refractivity contribution in [3.05, 3.63) is 28.8 Å². The molecule has 100 valence electrons. The molecule has 1 saturated heterocycles. The molecular weight excluding hydrogens is 246 g/mol. The van der Waals surface area contributed by atoms with E-state index in [1.54, 1.807) is 0 Å². The average Bonchev–Trinajstić information content (AvgIpc) is 2.39. The SMILES string of the molecule is CC(C)(CO)c1ccc(N2CCCCC2)c(Cl)c1. The van der Waals surface area contributed by atoms with E-state index in [9.17, 15) is 5.11 Å². The molecule has 0 unspecified atom stereocenters. The van der Waals surface area contributed by atoms with Gasteiger partial charge in [0.2, 0.25) is 0 Å². The maximum Gasteiger partial charge on any atom is 0.0642 e. The van der Waals surface area contributed by atoms with Crippen molar-refractivity contribution in [3.8, 4) is 0 Å². The summed E-state index contributed by atoms with van der Waals surface area (Å²) in [5.74, 6) is 0. The number of benzene rings is 1. The second kappa shape index (κ2) is 5.50. The standard InChI is InChI=1S/C15H22ClNO/c1-15(2,11-18)12-6-7-14(13(16)10-12)17-8-4-3-5-9-17/h6-7,10,18H,3-5,8-9,11H2,1-2H3. The highest BCUT2D eigenvalue weighted by Crippen LogP contribution is 2.33. The van der Waals surface area contributed by atoms with Gasteiger partial charge in [0.15, 0.2) is 0 Å². The van der Waals surface area contributed by atoms with Gasteiger partial charge in [-0.2, -0.15) is 0 Å². The van der Waals surface area contributed by atoms with Gasteiger partial charge in [-0.1, -0.05) is 31.5 Å². The van der Waals surface area contributed by atoms with Crippen LogP contribution < -0.4 is 4.90 Å². The summed E-state index contributed by atoms with van der Waals surface area (Å²) in [5, 5.41) is 10.2. The van der Waals surface area contributed by atoms with Crippen LogP contribution in [-0.4, -0.2) is 24.8 Å².